The number of fused-ring (bicyclic) bond motifs is 1. The molecule has 0 spiro atoms. The third-order valence-corrected chi connectivity index (χ3v) is 3.41. The van der Waals surface area contributed by atoms with E-state index in [-0.39, 0.29) is 5.91 Å². The van der Waals surface area contributed by atoms with Crippen molar-refractivity contribution in [2.75, 3.05) is 5.32 Å². The number of hydrogen-bond donors (Lipinski definition) is 1. The van der Waals surface area contributed by atoms with Gasteiger partial charge in [0.1, 0.15) is 0 Å². The molecule has 0 radical (unpaired) electrons. The Bertz CT molecular complexity index is 786. The van der Waals surface area contributed by atoms with E-state index in [1.54, 1.807) is 18.5 Å². The molecule has 1 amide bonds. The van der Waals surface area contributed by atoms with Gasteiger partial charge in [-0.15, -0.1) is 0 Å². The Kier molecular flexibility index (Phi) is 3.48. The van der Waals surface area contributed by atoms with E-state index in [4.69, 9.17) is 0 Å². The normalized spacial score (nSPS) is 10.4. The standard InChI is InChI=1S/C16H11BrN2O/c17-14-7-13(9-18-10-14)16(20)19-15-6-5-11-3-1-2-4-12(11)8-15/h1-10H,(H,19,20). The topological polar surface area (TPSA) is 42.0 Å². The molecule has 0 saturated heterocycles. The molecule has 98 valence electrons. The summed E-state index contributed by atoms with van der Waals surface area (Å²) in [6, 6.07) is 15.6. The van der Waals surface area contributed by atoms with Gasteiger partial charge in [-0.2, -0.15) is 0 Å². The smallest absolute Gasteiger partial charge is 0.257 e. The lowest BCUT2D eigenvalue weighted by atomic mass is 10.1. The van der Waals surface area contributed by atoms with Crippen LogP contribution in [0.4, 0.5) is 5.69 Å². The lowest BCUT2D eigenvalue weighted by molar-refractivity contribution is 0.102. The quantitative estimate of drug-likeness (QED) is 0.764. The number of carbonyl (C=O) groups excluding carboxylic acids is 1. The highest BCUT2D eigenvalue weighted by Gasteiger charge is 2.07. The van der Waals surface area contributed by atoms with Gasteiger partial charge >= 0.3 is 0 Å². The number of nitrogens with zero attached hydrogens (tertiary/aromatic N) is 1. The third-order valence-electron chi connectivity index (χ3n) is 2.97. The molecule has 0 unspecified atom stereocenters. The second-order valence-corrected chi connectivity index (χ2v) is 5.32. The highest BCUT2D eigenvalue weighted by atomic mass is 79.9. The summed E-state index contributed by atoms with van der Waals surface area (Å²) in [6.07, 6.45) is 3.19. The second kappa shape index (κ2) is 5.43. The maximum Gasteiger partial charge on any atom is 0.257 e. The fourth-order valence-corrected chi connectivity index (χ4v) is 2.37. The Morgan fingerprint density at radius 1 is 1.00 bits per heavy atom. The Morgan fingerprint density at radius 2 is 1.80 bits per heavy atom. The van der Waals surface area contributed by atoms with Crippen LogP contribution < -0.4 is 5.32 Å². The van der Waals surface area contributed by atoms with E-state index in [2.05, 4.69) is 26.2 Å². The van der Waals surface area contributed by atoms with Gasteiger partial charge in [-0.3, -0.25) is 9.78 Å². The van der Waals surface area contributed by atoms with Crippen LogP contribution in [0.1, 0.15) is 10.4 Å². The molecule has 3 aromatic rings. The molecule has 0 fully saturated rings. The minimum Gasteiger partial charge on any atom is -0.322 e. The van der Waals surface area contributed by atoms with E-state index in [9.17, 15) is 4.79 Å². The third kappa shape index (κ3) is 2.70. The summed E-state index contributed by atoms with van der Waals surface area (Å²) in [4.78, 5) is 16.1. The van der Waals surface area contributed by atoms with Crippen LogP contribution in [0, 0.1) is 0 Å². The van der Waals surface area contributed by atoms with Crippen LogP contribution in [0.5, 0.6) is 0 Å². The van der Waals surface area contributed by atoms with Crippen LogP contribution in [0.25, 0.3) is 10.8 Å². The molecule has 1 N–H and O–H groups in total. The number of rotatable bonds is 2. The van der Waals surface area contributed by atoms with Crippen molar-refractivity contribution >= 4 is 38.3 Å². The molecular weight excluding hydrogens is 316 g/mol. The van der Waals surface area contributed by atoms with E-state index >= 15 is 0 Å². The van der Waals surface area contributed by atoms with Crippen LogP contribution in [0.2, 0.25) is 0 Å². The Hall–Kier alpha value is -2.20. The van der Waals surface area contributed by atoms with Crippen LogP contribution in [-0.4, -0.2) is 10.9 Å². The van der Waals surface area contributed by atoms with Crippen LogP contribution >= 0.6 is 15.9 Å². The zero-order valence-corrected chi connectivity index (χ0v) is 12.1. The highest BCUT2D eigenvalue weighted by Crippen LogP contribution is 2.19. The molecule has 1 heterocycles. The zero-order chi connectivity index (χ0) is 13.9. The fourth-order valence-electron chi connectivity index (χ4n) is 2.01. The SMILES string of the molecule is O=C(Nc1ccc2ccccc2c1)c1cncc(Br)c1. The molecule has 4 heteroatoms. The molecule has 2 aromatic carbocycles. The Labute approximate surface area is 124 Å². The largest absolute Gasteiger partial charge is 0.322 e. The predicted molar refractivity (Wildman–Crippen MR) is 83.8 cm³/mol. The van der Waals surface area contributed by atoms with Crippen molar-refractivity contribution in [3.05, 3.63) is 71.0 Å². The lowest BCUT2D eigenvalue weighted by Crippen LogP contribution is -2.12. The molecular formula is C16H11BrN2O. The number of carbonyl (C=O) groups is 1. The summed E-state index contributed by atoms with van der Waals surface area (Å²) < 4.78 is 0.781. The van der Waals surface area contributed by atoms with Crippen molar-refractivity contribution in [2.24, 2.45) is 0 Å². The second-order valence-electron chi connectivity index (χ2n) is 4.41. The summed E-state index contributed by atoms with van der Waals surface area (Å²) in [7, 11) is 0. The molecule has 0 aliphatic heterocycles. The van der Waals surface area contributed by atoms with Gasteiger partial charge in [-0.1, -0.05) is 30.3 Å². The Balaban J connectivity index is 1.87. The van der Waals surface area contributed by atoms with Crippen molar-refractivity contribution in [3.63, 3.8) is 0 Å². The minimum absolute atomic E-state index is 0.172. The fraction of sp³-hybridized carbons (Fsp3) is 0. The summed E-state index contributed by atoms with van der Waals surface area (Å²) in [5.41, 5.74) is 1.29. The number of halogens is 1. The number of benzene rings is 2. The molecule has 0 aliphatic carbocycles. The van der Waals surface area contributed by atoms with Crippen molar-refractivity contribution < 1.29 is 4.79 Å². The van der Waals surface area contributed by atoms with Gasteiger partial charge in [0.25, 0.3) is 5.91 Å². The first-order valence-corrected chi connectivity index (χ1v) is 6.92. The van der Waals surface area contributed by atoms with E-state index in [0.717, 1.165) is 20.9 Å². The summed E-state index contributed by atoms with van der Waals surface area (Å²) in [5, 5.41) is 5.12. The maximum absolute atomic E-state index is 12.1. The van der Waals surface area contributed by atoms with Gasteiger partial charge in [0, 0.05) is 22.6 Å². The van der Waals surface area contributed by atoms with Gasteiger partial charge in [-0.05, 0) is 44.9 Å². The number of nitrogens with one attached hydrogen (secondary N) is 1. The molecule has 0 saturated carbocycles. The molecule has 0 bridgehead atoms. The van der Waals surface area contributed by atoms with E-state index in [1.165, 1.54) is 0 Å². The van der Waals surface area contributed by atoms with Crippen LogP contribution in [0.3, 0.4) is 0 Å². The first-order chi connectivity index (χ1) is 9.72. The van der Waals surface area contributed by atoms with E-state index in [1.807, 2.05) is 42.5 Å². The zero-order valence-electron chi connectivity index (χ0n) is 10.5. The van der Waals surface area contributed by atoms with E-state index < -0.39 is 0 Å². The monoisotopic (exact) mass is 326 g/mol. The van der Waals surface area contributed by atoms with Crippen molar-refractivity contribution in [1.29, 1.82) is 0 Å². The van der Waals surface area contributed by atoms with Crippen LogP contribution in [0.15, 0.2) is 65.4 Å². The molecule has 20 heavy (non-hydrogen) atoms. The number of amides is 1. The molecule has 0 atom stereocenters. The van der Waals surface area contributed by atoms with Crippen molar-refractivity contribution in [1.82, 2.24) is 4.98 Å². The van der Waals surface area contributed by atoms with Gasteiger partial charge in [0.05, 0.1) is 5.56 Å². The average Bonchev–Trinajstić information content (AvgIpc) is 2.47. The molecule has 0 aliphatic rings. The first-order valence-electron chi connectivity index (χ1n) is 6.13. The summed E-state index contributed by atoms with van der Waals surface area (Å²) in [5.74, 6) is -0.172. The number of pyridine rings is 1. The van der Waals surface area contributed by atoms with Gasteiger partial charge in [0.2, 0.25) is 0 Å². The molecule has 3 rings (SSSR count). The molecule has 3 nitrogen and oxygen atoms in total. The summed E-state index contributed by atoms with van der Waals surface area (Å²) in [6.45, 7) is 0. The predicted octanol–water partition coefficient (Wildman–Crippen LogP) is 4.25. The Morgan fingerprint density at radius 3 is 2.60 bits per heavy atom. The van der Waals surface area contributed by atoms with Gasteiger partial charge in [0.15, 0.2) is 0 Å². The summed E-state index contributed by atoms with van der Waals surface area (Å²) >= 11 is 3.31. The minimum atomic E-state index is -0.172. The number of anilines is 1. The van der Waals surface area contributed by atoms with Crippen molar-refractivity contribution in [2.45, 2.75) is 0 Å². The molecule has 1 aromatic heterocycles. The van der Waals surface area contributed by atoms with Gasteiger partial charge in [-0.25, -0.2) is 0 Å². The first kappa shape index (κ1) is 12.8. The van der Waals surface area contributed by atoms with Crippen molar-refractivity contribution in [3.8, 4) is 0 Å². The number of aromatic nitrogens is 1. The van der Waals surface area contributed by atoms with Gasteiger partial charge < -0.3 is 5.32 Å². The van der Waals surface area contributed by atoms with Crippen LogP contribution in [-0.2, 0) is 0 Å². The lowest BCUT2D eigenvalue weighted by Gasteiger charge is -2.06. The number of hydrogen-bond acceptors (Lipinski definition) is 2. The highest BCUT2D eigenvalue weighted by molar-refractivity contribution is 9.10. The maximum atomic E-state index is 12.1. The average molecular weight is 327 g/mol. The van der Waals surface area contributed by atoms with E-state index in [0.29, 0.717) is 5.56 Å².